The number of nitrogens with zero attached hydrogens (tertiary/aromatic N) is 1. The molecule has 4 aliphatic carbocycles. The SMILES string of the molecule is O=C(CCCN1CC(O)C(O)C(CO)C1)NC12CC3CC(CC(C3)C1)C2. The van der Waals surface area contributed by atoms with E-state index in [-0.39, 0.29) is 24.0 Å². The van der Waals surface area contributed by atoms with Crippen molar-refractivity contribution < 1.29 is 20.1 Å². The van der Waals surface area contributed by atoms with Gasteiger partial charge in [0.1, 0.15) is 0 Å². The molecular weight excluding hydrogens is 332 g/mol. The zero-order chi connectivity index (χ0) is 18.3. The van der Waals surface area contributed by atoms with E-state index >= 15 is 0 Å². The second kappa shape index (κ2) is 7.38. The Morgan fingerprint density at radius 1 is 1.04 bits per heavy atom. The zero-order valence-corrected chi connectivity index (χ0v) is 15.6. The molecule has 1 amide bonds. The lowest BCUT2D eigenvalue weighted by molar-refractivity contribution is -0.127. The first-order valence-electron chi connectivity index (χ1n) is 10.5. The molecule has 0 radical (unpaired) electrons. The number of nitrogens with one attached hydrogen (secondary N) is 1. The average Bonchev–Trinajstić information content (AvgIpc) is 2.56. The molecule has 148 valence electrons. The van der Waals surface area contributed by atoms with E-state index in [0.717, 1.165) is 24.2 Å². The van der Waals surface area contributed by atoms with Crippen molar-refractivity contribution >= 4 is 5.91 Å². The summed E-state index contributed by atoms with van der Waals surface area (Å²) in [5, 5.41) is 32.5. The van der Waals surface area contributed by atoms with E-state index in [1.807, 2.05) is 0 Å². The van der Waals surface area contributed by atoms with Crippen LogP contribution in [-0.4, -0.2) is 70.1 Å². The first-order chi connectivity index (χ1) is 12.5. The van der Waals surface area contributed by atoms with Crippen LogP contribution < -0.4 is 5.32 Å². The highest BCUT2D eigenvalue weighted by atomic mass is 16.3. The summed E-state index contributed by atoms with van der Waals surface area (Å²) in [5.74, 6) is 2.36. The van der Waals surface area contributed by atoms with Crippen LogP contribution in [0, 0.1) is 23.7 Å². The van der Waals surface area contributed by atoms with Crippen molar-refractivity contribution in [2.75, 3.05) is 26.2 Å². The predicted octanol–water partition coefficient (Wildman–Crippen LogP) is 0.497. The Labute approximate surface area is 156 Å². The quantitative estimate of drug-likeness (QED) is 0.549. The van der Waals surface area contributed by atoms with E-state index in [0.29, 0.717) is 26.1 Å². The van der Waals surface area contributed by atoms with Gasteiger partial charge in [-0.05, 0) is 69.2 Å². The Balaban J connectivity index is 1.22. The van der Waals surface area contributed by atoms with E-state index < -0.39 is 12.2 Å². The standard InChI is InChI=1S/C20H34N2O4/c23-12-16-10-22(11-17(24)19(16)26)3-1-2-18(25)21-20-7-13-4-14(8-20)6-15(5-13)9-20/h13-17,19,23-24,26H,1-12H2,(H,21,25). The number of likely N-dealkylation sites (tertiary alicyclic amines) is 1. The first kappa shape index (κ1) is 18.7. The number of hydrogen-bond donors (Lipinski definition) is 4. The van der Waals surface area contributed by atoms with Gasteiger partial charge in [0.2, 0.25) is 5.91 Å². The minimum absolute atomic E-state index is 0.0826. The van der Waals surface area contributed by atoms with Crippen LogP contribution in [0.3, 0.4) is 0 Å². The van der Waals surface area contributed by atoms with Crippen molar-refractivity contribution in [2.45, 2.75) is 69.1 Å². The van der Waals surface area contributed by atoms with Gasteiger partial charge in [-0.1, -0.05) is 0 Å². The number of aliphatic hydroxyl groups excluding tert-OH is 3. The zero-order valence-electron chi connectivity index (χ0n) is 15.6. The smallest absolute Gasteiger partial charge is 0.220 e. The lowest BCUT2D eigenvalue weighted by Crippen LogP contribution is -2.59. The molecule has 26 heavy (non-hydrogen) atoms. The van der Waals surface area contributed by atoms with Crippen LogP contribution in [0.25, 0.3) is 0 Å². The topological polar surface area (TPSA) is 93.0 Å². The second-order valence-electron chi connectivity index (χ2n) is 9.61. The molecule has 0 spiro atoms. The number of hydrogen-bond acceptors (Lipinski definition) is 5. The maximum absolute atomic E-state index is 12.5. The van der Waals surface area contributed by atoms with Crippen molar-refractivity contribution in [3.8, 4) is 0 Å². The molecule has 4 bridgehead atoms. The molecule has 0 aromatic heterocycles. The van der Waals surface area contributed by atoms with Crippen LogP contribution in [0.1, 0.15) is 51.4 Å². The fourth-order valence-electron chi connectivity index (χ4n) is 6.63. The van der Waals surface area contributed by atoms with Crippen molar-refractivity contribution in [3.05, 3.63) is 0 Å². The van der Waals surface area contributed by atoms with E-state index in [2.05, 4.69) is 10.2 Å². The van der Waals surface area contributed by atoms with Gasteiger partial charge in [-0.15, -0.1) is 0 Å². The van der Waals surface area contributed by atoms with Gasteiger partial charge < -0.3 is 25.5 Å². The number of β-amino-alcohol motifs (C(OH)–C–C–N with tert-alkyl or cyclic N) is 1. The summed E-state index contributed by atoms with van der Waals surface area (Å²) in [6, 6.07) is 0. The molecule has 3 atom stereocenters. The Morgan fingerprint density at radius 3 is 2.23 bits per heavy atom. The fourth-order valence-corrected chi connectivity index (χ4v) is 6.63. The summed E-state index contributed by atoms with van der Waals surface area (Å²) < 4.78 is 0. The van der Waals surface area contributed by atoms with Gasteiger partial charge in [-0.3, -0.25) is 4.79 Å². The van der Waals surface area contributed by atoms with Gasteiger partial charge >= 0.3 is 0 Å². The maximum Gasteiger partial charge on any atom is 0.220 e. The van der Waals surface area contributed by atoms with Crippen LogP contribution in [0.4, 0.5) is 0 Å². The van der Waals surface area contributed by atoms with Crippen molar-refractivity contribution in [2.24, 2.45) is 23.7 Å². The highest BCUT2D eigenvalue weighted by Gasteiger charge is 2.51. The number of aliphatic hydroxyl groups is 3. The van der Waals surface area contributed by atoms with Crippen molar-refractivity contribution in [3.63, 3.8) is 0 Å². The summed E-state index contributed by atoms with van der Waals surface area (Å²) in [4.78, 5) is 14.6. The average molecular weight is 367 g/mol. The van der Waals surface area contributed by atoms with Crippen LogP contribution >= 0.6 is 0 Å². The Bertz CT molecular complexity index is 491. The third kappa shape index (κ3) is 3.79. The Hall–Kier alpha value is -0.690. The third-order valence-electron chi connectivity index (χ3n) is 7.37. The normalized spacial score (nSPS) is 45.0. The largest absolute Gasteiger partial charge is 0.396 e. The molecule has 6 nitrogen and oxygen atoms in total. The molecule has 1 saturated heterocycles. The van der Waals surface area contributed by atoms with E-state index in [4.69, 9.17) is 0 Å². The minimum atomic E-state index is -0.851. The molecule has 0 aromatic carbocycles. The first-order valence-corrected chi connectivity index (χ1v) is 10.5. The minimum Gasteiger partial charge on any atom is -0.396 e. The van der Waals surface area contributed by atoms with Gasteiger partial charge in [0.15, 0.2) is 0 Å². The van der Waals surface area contributed by atoms with Gasteiger partial charge in [-0.25, -0.2) is 0 Å². The summed E-state index contributed by atoms with van der Waals surface area (Å²) in [7, 11) is 0. The monoisotopic (exact) mass is 366 g/mol. The predicted molar refractivity (Wildman–Crippen MR) is 97.3 cm³/mol. The molecule has 3 unspecified atom stereocenters. The molecule has 1 aliphatic heterocycles. The summed E-state index contributed by atoms with van der Waals surface area (Å²) in [6.45, 7) is 1.58. The van der Waals surface area contributed by atoms with Crippen LogP contribution in [0.5, 0.6) is 0 Å². The van der Waals surface area contributed by atoms with E-state index in [9.17, 15) is 20.1 Å². The number of carbonyl (C=O) groups excluding carboxylic acids is 1. The number of amides is 1. The van der Waals surface area contributed by atoms with E-state index in [1.54, 1.807) is 0 Å². The number of rotatable bonds is 6. The lowest BCUT2D eigenvalue weighted by atomic mass is 9.53. The van der Waals surface area contributed by atoms with Crippen LogP contribution in [0.2, 0.25) is 0 Å². The van der Waals surface area contributed by atoms with Gasteiger partial charge in [0.25, 0.3) is 0 Å². The Kier molecular flexibility index (Phi) is 5.30. The fraction of sp³-hybridized carbons (Fsp3) is 0.950. The van der Waals surface area contributed by atoms with Crippen LogP contribution in [-0.2, 0) is 4.79 Å². The molecule has 4 N–H and O–H groups in total. The van der Waals surface area contributed by atoms with Crippen molar-refractivity contribution in [1.82, 2.24) is 10.2 Å². The van der Waals surface area contributed by atoms with E-state index in [1.165, 1.54) is 38.5 Å². The molecule has 5 rings (SSSR count). The molecule has 4 saturated carbocycles. The molecular formula is C20H34N2O4. The summed E-state index contributed by atoms with van der Waals surface area (Å²) in [5.41, 5.74) is 0.0826. The highest BCUT2D eigenvalue weighted by molar-refractivity contribution is 5.76. The Morgan fingerprint density at radius 2 is 1.65 bits per heavy atom. The summed E-state index contributed by atoms with van der Waals surface area (Å²) >= 11 is 0. The molecule has 5 aliphatic rings. The van der Waals surface area contributed by atoms with Crippen molar-refractivity contribution in [1.29, 1.82) is 0 Å². The molecule has 6 heteroatoms. The number of carbonyl (C=O) groups is 1. The molecule has 1 heterocycles. The van der Waals surface area contributed by atoms with Crippen LogP contribution in [0.15, 0.2) is 0 Å². The lowest BCUT2D eigenvalue weighted by Gasteiger charge is -2.57. The molecule has 5 fully saturated rings. The second-order valence-corrected chi connectivity index (χ2v) is 9.61. The maximum atomic E-state index is 12.5. The number of piperidine rings is 1. The highest BCUT2D eigenvalue weighted by Crippen LogP contribution is 2.55. The van der Waals surface area contributed by atoms with Gasteiger partial charge in [-0.2, -0.15) is 0 Å². The van der Waals surface area contributed by atoms with Gasteiger partial charge in [0.05, 0.1) is 12.2 Å². The third-order valence-corrected chi connectivity index (χ3v) is 7.37. The summed E-state index contributed by atoms with van der Waals surface area (Å²) in [6.07, 6.45) is 7.27. The molecule has 0 aromatic rings. The van der Waals surface area contributed by atoms with Gasteiger partial charge in [0, 0.05) is 37.6 Å².